The molecule has 3 atom stereocenters. The Bertz CT molecular complexity index is 672. The van der Waals surface area contributed by atoms with Crippen LogP contribution in [-0.2, 0) is 9.53 Å². The highest BCUT2D eigenvalue weighted by Crippen LogP contribution is 2.24. The molecule has 2 N–H and O–H groups in total. The SMILES string of the molecule is CC(C)[C@@H](Oc1ccc2ccccc2c1)[C@H](C)OC(=O)[C@H](C)N.Cl. The Kier molecular flexibility index (Phi) is 7.52. The third-order valence-electron chi connectivity index (χ3n) is 3.79. The Balaban J connectivity index is 0.00000288. The van der Waals surface area contributed by atoms with Gasteiger partial charge in [-0.15, -0.1) is 12.4 Å². The summed E-state index contributed by atoms with van der Waals surface area (Å²) < 4.78 is 11.5. The van der Waals surface area contributed by atoms with Gasteiger partial charge in [-0.2, -0.15) is 0 Å². The topological polar surface area (TPSA) is 61.5 Å². The van der Waals surface area contributed by atoms with Crippen LogP contribution < -0.4 is 10.5 Å². The van der Waals surface area contributed by atoms with Crippen LogP contribution in [0.2, 0.25) is 0 Å². The molecule has 0 amide bonds. The van der Waals surface area contributed by atoms with Crippen molar-refractivity contribution in [2.45, 2.75) is 45.9 Å². The lowest BCUT2D eigenvalue weighted by Crippen LogP contribution is -2.41. The molecule has 2 rings (SSSR count). The maximum atomic E-state index is 11.7. The van der Waals surface area contributed by atoms with Gasteiger partial charge in [0.1, 0.15) is 24.0 Å². The number of carbonyl (C=O) groups is 1. The van der Waals surface area contributed by atoms with E-state index in [1.54, 1.807) is 6.92 Å². The van der Waals surface area contributed by atoms with E-state index in [0.717, 1.165) is 16.5 Å². The number of hydrogen-bond acceptors (Lipinski definition) is 4. The second-order valence-corrected chi connectivity index (χ2v) is 6.27. The maximum absolute atomic E-state index is 11.7. The monoisotopic (exact) mass is 351 g/mol. The van der Waals surface area contributed by atoms with Crippen molar-refractivity contribution in [2.75, 3.05) is 0 Å². The van der Waals surface area contributed by atoms with Gasteiger partial charge in [-0.1, -0.05) is 44.2 Å². The van der Waals surface area contributed by atoms with E-state index in [2.05, 4.69) is 6.07 Å². The van der Waals surface area contributed by atoms with Crippen LogP contribution in [0.15, 0.2) is 42.5 Å². The molecule has 0 fully saturated rings. The fourth-order valence-corrected chi connectivity index (χ4v) is 2.53. The van der Waals surface area contributed by atoms with Crippen molar-refractivity contribution in [3.05, 3.63) is 42.5 Å². The molecule has 2 aromatic rings. The molecule has 0 radical (unpaired) electrons. The lowest BCUT2D eigenvalue weighted by molar-refractivity contribution is -0.155. The largest absolute Gasteiger partial charge is 0.486 e. The lowest BCUT2D eigenvalue weighted by Gasteiger charge is -2.28. The van der Waals surface area contributed by atoms with Crippen LogP contribution in [0.1, 0.15) is 27.7 Å². The van der Waals surface area contributed by atoms with Gasteiger partial charge in [-0.05, 0) is 42.7 Å². The summed E-state index contributed by atoms with van der Waals surface area (Å²) in [4.78, 5) is 11.7. The number of halogens is 1. The average Bonchev–Trinajstić information content (AvgIpc) is 2.51. The maximum Gasteiger partial charge on any atom is 0.323 e. The molecular formula is C19H26ClNO3. The first-order chi connectivity index (χ1) is 10.9. The van der Waals surface area contributed by atoms with Gasteiger partial charge in [-0.3, -0.25) is 4.79 Å². The molecule has 0 unspecified atom stereocenters. The normalized spacial score (nSPS) is 14.6. The average molecular weight is 352 g/mol. The van der Waals surface area contributed by atoms with Gasteiger partial charge >= 0.3 is 5.97 Å². The number of fused-ring (bicyclic) bond motifs is 1. The minimum absolute atomic E-state index is 0. The Morgan fingerprint density at radius 2 is 1.62 bits per heavy atom. The summed E-state index contributed by atoms with van der Waals surface area (Å²) in [5, 5.41) is 2.28. The quantitative estimate of drug-likeness (QED) is 0.800. The highest BCUT2D eigenvalue weighted by molar-refractivity contribution is 5.85. The van der Waals surface area contributed by atoms with Gasteiger partial charge in [0.15, 0.2) is 0 Å². The van der Waals surface area contributed by atoms with Gasteiger partial charge in [0, 0.05) is 0 Å². The van der Waals surface area contributed by atoms with E-state index in [0.29, 0.717) is 0 Å². The van der Waals surface area contributed by atoms with E-state index in [9.17, 15) is 4.79 Å². The number of benzene rings is 2. The minimum atomic E-state index is -0.633. The number of rotatable bonds is 6. The third kappa shape index (κ3) is 5.11. The number of esters is 1. The van der Waals surface area contributed by atoms with Crippen LogP contribution in [0.3, 0.4) is 0 Å². The zero-order chi connectivity index (χ0) is 17.0. The molecule has 0 bridgehead atoms. The van der Waals surface area contributed by atoms with E-state index in [-0.39, 0.29) is 30.5 Å². The molecule has 24 heavy (non-hydrogen) atoms. The van der Waals surface area contributed by atoms with Crippen molar-refractivity contribution in [3.63, 3.8) is 0 Å². The van der Waals surface area contributed by atoms with Crippen molar-refractivity contribution < 1.29 is 14.3 Å². The molecule has 132 valence electrons. The smallest absolute Gasteiger partial charge is 0.323 e. The summed E-state index contributed by atoms with van der Waals surface area (Å²) in [6.07, 6.45) is -0.612. The van der Waals surface area contributed by atoms with Crippen molar-refractivity contribution in [2.24, 2.45) is 11.7 Å². The molecule has 2 aromatic carbocycles. The Morgan fingerprint density at radius 3 is 2.21 bits per heavy atom. The van der Waals surface area contributed by atoms with Crippen LogP contribution >= 0.6 is 12.4 Å². The van der Waals surface area contributed by atoms with Crippen molar-refractivity contribution in [1.82, 2.24) is 0 Å². The predicted molar refractivity (Wildman–Crippen MR) is 99.7 cm³/mol. The lowest BCUT2D eigenvalue weighted by atomic mass is 10.0. The van der Waals surface area contributed by atoms with Gasteiger partial charge in [-0.25, -0.2) is 0 Å². The van der Waals surface area contributed by atoms with E-state index >= 15 is 0 Å². The van der Waals surface area contributed by atoms with Crippen LogP contribution in [-0.4, -0.2) is 24.2 Å². The highest BCUT2D eigenvalue weighted by Gasteiger charge is 2.27. The fourth-order valence-electron chi connectivity index (χ4n) is 2.53. The molecule has 0 aliphatic carbocycles. The zero-order valence-corrected chi connectivity index (χ0v) is 15.4. The molecule has 0 spiro atoms. The van der Waals surface area contributed by atoms with E-state index in [1.165, 1.54) is 0 Å². The van der Waals surface area contributed by atoms with E-state index in [4.69, 9.17) is 15.2 Å². The second-order valence-electron chi connectivity index (χ2n) is 6.27. The Morgan fingerprint density at radius 1 is 1.00 bits per heavy atom. The third-order valence-corrected chi connectivity index (χ3v) is 3.79. The molecule has 0 saturated carbocycles. The molecule has 0 aromatic heterocycles. The van der Waals surface area contributed by atoms with Crippen LogP contribution in [0.4, 0.5) is 0 Å². The van der Waals surface area contributed by atoms with Gasteiger partial charge < -0.3 is 15.2 Å². The number of ether oxygens (including phenoxy) is 2. The highest BCUT2D eigenvalue weighted by atomic mass is 35.5. The van der Waals surface area contributed by atoms with Crippen molar-refractivity contribution in [1.29, 1.82) is 0 Å². The summed E-state index contributed by atoms with van der Waals surface area (Å²) in [5.41, 5.74) is 5.56. The van der Waals surface area contributed by atoms with E-state index in [1.807, 2.05) is 57.2 Å². The minimum Gasteiger partial charge on any atom is -0.486 e. The number of nitrogens with two attached hydrogens (primary N) is 1. The van der Waals surface area contributed by atoms with Crippen molar-refractivity contribution in [3.8, 4) is 5.75 Å². The molecule has 0 aliphatic rings. The Labute approximate surface area is 149 Å². The van der Waals surface area contributed by atoms with Crippen LogP contribution in [0.5, 0.6) is 5.75 Å². The first kappa shape index (κ1) is 20.3. The fraction of sp³-hybridized carbons (Fsp3) is 0.421. The summed E-state index contributed by atoms with van der Waals surface area (Å²) in [6, 6.07) is 13.5. The standard InChI is InChI=1S/C19H25NO3.ClH/c1-12(2)18(14(4)22-19(21)13(3)20)23-17-10-9-15-7-5-6-8-16(15)11-17;/h5-14,18H,20H2,1-4H3;1H/t13-,14-,18+;/m0./s1. The predicted octanol–water partition coefficient (Wildman–Crippen LogP) is 3.94. The molecule has 0 heterocycles. The molecule has 0 aliphatic heterocycles. The van der Waals surface area contributed by atoms with Gasteiger partial charge in [0.2, 0.25) is 0 Å². The van der Waals surface area contributed by atoms with Crippen LogP contribution in [0, 0.1) is 5.92 Å². The summed E-state index contributed by atoms with van der Waals surface area (Å²) in [7, 11) is 0. The first-order valence-electron chi connectivity index (χ1n) is 8.00. The molecule has 4 nitrogen and oxygen atoms in total. The molecule has 5 heteroatoms. The number of carbonyl (C=O) groups excluding carboxylic acids is 1. The van der Waals surface area contributed by atoms with E-state index < -0.39 is 12.0 Å². The van der Waals surface area contributed by atoms with Gasteiger partial charge in [0.05, 0.1) is 0 Å². The van der Waals surface area contributed by atoms with Crippen molar-refractivity contribution >= 4 is 29.1 Å². The zero-order valence-electron chi connectivity index (χ0n) is 14.6. The molecular weight excluding hydrogens is 326 g/mol. The number of hydrogen-bond donors (Lipinski definition) is 1. The molecule has 0 saturated heterocycles. The second kappa shape index (κ2) is 8.90. The van der Waals surface area contributed by atoms with Gasteiger partial charge in [0.25, 0.3) is 0 Å². The summed E-state index contributed by atoms with van der Waals surface area (Å²) in [5.74, 6) is 0.550. The first-order valence-corrected chi connectivity index (χ1v) is 8.00. The summed E-state index contributed by atoms with van der Waals surface area (Å²) in [6.45, 7) is 7.54. The Hall–Kier alpha value is -1.78. The van der Waals surface area contributed by atoms with Crippen LogP contribution in [0.25, 0.3) is 10.8 Å². The summed E-state index contributed by atoms with van der Waals surface area (Å²) >= 11 is 0.